The van der Waals surface area contributed by atoms with E-state index in [0.717, 1.165) is 13.0 Å². The van der Waals surface area contributed by atoms with Gasteiger partial charge in [-0.3, -0.25) is 4.79 Å². The van der Waals surface area contributed by atoms with E-state index in [9.17, 15) is 9.90 Å². The van der Waals surface area contributed by atoms with Crippen LogP contribution in [0.15, 0.2) is 24.3 Å². The number of phenolic OH excluding ortho intramolecular Hbond substituents is 1. The average Bonchev–Trinajstić information content (AvgIpc) is 2.26. The van der Waals surface area contributed by atoms with E-state index in [1.807, 2.05) is 19.2 Å². The second-order valence-corrected chi connectivity index (χ2v) is 3.20. The van der Waals surface area contributed by atoms with Crippen molar-refractivity contribution in [1.29, 1.82) is 0 Å². The molecular weight excluding hydrogens is 190 g/mol. The van der Waals surface area contributed by atoms with Crippen LogP contribution in [0.25, 0.3) is 6.08 Å². The van der Waals surface area contributed by atoms with Crippen LogP contribution in [0.4, 0.5) is 0 Å². The normalized spacial score (nSPS) is 10.7. The molecule has 3 heteroatoms. The highest BCUT2D eigenvalue weighted by Gasteiger charge is 2.02. The first-order chi connectivity index (χ1) is 7.29. The van der Waals surface area contributed by atoms with Crippen LogP contribution >= 0.6 is 0 Å². The van der Waals surface area contributed by atoms with Crippen LogP contribution in [-0.2, 0) is 0 Å². The van der Waals surface area contributed by atoms with E-state index in [1.54, 1.807) is 18.2 Å². The summed E-state index contributed by atoms with van der Waals surface area (Å²) in [5.74, 6) is 0.0493. The lowest BCUT2D eigenvalue weighted by atomic mass is 10.1. The highest BCUT2D eigenvalue weighted by Crippen LogP contribution is 2.22. The Morgan fingerprint density at radius 2 is 2.13 bits per heavy atom. The molecule has 0 aliphatic rings. The molecule has 0 aliphatic heterocycles. The minimum absolute atomic E-state index is 0.0493. The molecule has 0 unspecified atom stereocenters. The second-order valence-electron chi connectivity index (χ2n) is 3.20. The third-order valence-corrected chi connectivity index (χ3v) is 2.08. The molecule has 1 aromatic rings. The molecular formula is C12H15NO2. The van der Waals surface area contributed by atoms with Crippen molar-refractivity contribution in [3.8, 4) is 5.75 Å². The first-order valence-electron chi connectivity index (χ1n) is 4.88. The van der Waals surface area contributed by atoms with Crippen LogP contribution in [0.3, 0.4) is 0 Å². The molecule has 0 saturated heterocycles. The number of hydrogen-bond acceptors (Lipinski definition) is 3. The van der Waals surface area contributed by atoms with Crippen molar-refractivity contribution in [1.82, 2.24) is 5.32 Å². The molecule has 0 aliphatic carbocycles. The molecule has 0 spiro atoms. The van der Waals surface area contributed by atoms with Gasteiger partial charge in [0.05, 0.1) is 5.56 Å². The largest absolute Gasteiger partial charge is 0.507 e. The summed E-state index contributed by atoms with van der Waals surface area (Å²) >= 11 is 0. The van der Waals surface area contributed by atoms with Gasteiger partial charge in [-0.05, 0) is 26.1 Å². The van der Waals surface area contributed by atoms with Crippen LogP contribution in [0.1, 0.15) is 22.3 Å². The predicted molar refractivity (Wildman–Crippen MR) is 61.1 cm³/mol. The number of nitrogens with one attached hydrogen (secondary N) is 1. The summed E-state index contributed by atoms with van der Waals surface area (Å²) in [6.07, 6.45) is 5.32. The summed E-state index contributed by atoms with van der Waals surface area (Å²) in [7, 11) is 1.89. The standard InChI is InChI=1S/C12H15NO2/c1-13-8-3-2-5-10-6-4-7-11(9-14)12(10)15/h2,4-7,9,13,15H,3,8H2,1H3. The summed E-state index contributed by atoms with van der Waals surface area (Å²) < 4.78 is 0. The average molecular weight is 205 g/mol. The van der Waals surface area contributed by atoms with E-state index in [-0.39, 0.29) is 5.75 Å². The van der Waals surface area contributed by atoms with E-state index in [2.05, 4.69) is 5.32 Å². The zero-order valence-corrected chi connectivity index (χ0v) is 8.73. The van der Waals surface area contributed by atoms with E-state index in [1.165, 1.54) is 0 Å². The number of phenols is 1. The molecule has 1 aromatic carbocycles. The molecule has 80 valence electrons. The highest BCUT2D eigenvalue weighted by atomic mass is 16.3. The van der Waals surface area contributed by atoms with Gasteiger partial charge >= 0.3 is 0 Å². The van der Waals surface area contributed by atoms with Crippen LogP contribution < -0.4 is 5.32 Å². The van der Waals surface area contributed by atoms with Crippen molar-refractivity contribution in [3.63, 3.8) is 0 Å². The summed E-state index contributed by atoms with van der Waals surface area (Å²) in [6.45, 7) is 0.893. The Kier molecular flexibility index (Phi) is 4.57. The smallest absolute Gasteiger partial charge is 0.153 e. The zero-order chi connectivity index (χ0) is 11.1. The van der Waals surface area contributed by atoms with Crippen LogP contribution in [0.2, 0.25) is 0 Å². The van der Waals surface area contributed by atoms with Gasteiger partial charge in [-0.15, -0.1) is 0 Å². The van der Waals surface area contributed by atoms with Crippen molar-refractivity contribution in [2.45, 2.75) is 6.42 Å². The third kappa shape index (κ3) is 3.22. The third-order valence-electron chi connectivity index (χ3n) is 2.08. The van der Waals surface area contributed by atoms with Crippen LogP contribution in [-0.4, -0.2) is 25.0 Å². The van der Waals surface area contributed by atoms with Crippen molar-refractivity contribution in [3.05, 3.63) is 35.4 Å². The van der Waals surface area contributed by atoms with Gasteiger partial charge in [-0.2, -0.15) is 0 Å². The lowest BCUT2D eigenvalue weighted by Gasteiger charge is -2.01. The van der Waals surface area contributed by atoms with Crippen molar-refractivity contribution in [2.24, 2.45) is 0 Å². The molecule has 0 aromatic heterocycles. The van der Waals surface area contributed by atoms with Gasteiger partial charge in [-0.25, -0.2) is 0 Å². The van der Waals surface area contributed by atoms with E-state index < -0.39 is 0 Å². The Labute approximate surface area is 89.4 Å². The molecule has 0 amide bonds. The molecule has 0 bridgehead atoms. The summed E-state index contributed by atoms with van der Waals surface area (Å²) in [5.41, 5.74) is 1.00. The zero-order valence-electron chi connectivity index (χ0n) is 8.73. The number of carbonyl (C=O) groups excluding carboxylic acids is 1. The molecule has 0 atom stereocenters. The number of para-hydroxylation sites is 1. The summed E-state index contributed by atoms with van der Waals surface area (Å²) in [6, 6.07) is 5.12. The van der Waals surface area contributed by atoms with Crippen LogP contribution in [0, 0.1) is 0 Å². The number of rotatable bonds is 5. The summed E-state index contributed by atoms with van der Waals surface area (Å²) in [4.78, 5) is 10.6. The van der Waals surface area contributed by atoms with Crippen LogP contribution in [0.5, 0.6) is 5.75 Å². The number of aldehydes is 1. The quantitative estimate of drug-likeness (QED) is 0.569. The Bertz CT molecular complexity index is 359. The maximum atomic E-state index is 10.6. The fourth-order valence-corrected chi connectivity index (χ4v) is 1.25. The van der Waals surface area contributed by atoms with Gasteiger partial charge in [0.1, 0.15) is 5.75 Å². The number of benzene rings is 1. The predicted octanol–water partition coefficient (Wildman–Crippen LogP) is 1.83. The Morgan fingerprint density at radius 1 is 1.40 bits per heavy atom. The van der Waals surface area contributed by atoms with Gasteiger partial charge < -0.3 is 10.4 Å². The molecule has 15 heavy (non-hydrogen) atoms. The molecule has 0 heterocycles. The molecule has 1 rings (SSSR count). The Balaban J connectivity index is 2.76. The maximum absolute atomic E-state index is 10.6. The molecule has 3 nitrogen and oxygen atoms in total. The van der Waals surface area contributed by atoms with E-state index >= 15 is 0 Å². The van der Waals surface area contributed by atoms with Crippen molar-refractivity contribution in [2.75, 3.05) is 13.6 Å². The Hall–Kier alpha value is -1.61. The second kappa shape index (κ2) is 5.98. The van der Waals surface area contributed by atoms with Crippen molar-refractivity contribution >= 4 is 12.4 Å². The topological polar surface area (TPSA) is 49.3 Å². The highest BCUT2D eigenvalue weighted by molar-refractivity contribution is 5.82. The molecule has 0 radical (unpaired) electrons. The van der Waals surface area contributed by atoms with Crippen molar-refractivity contribution < 1.29 is 9.90 Å². The minimum Gasteiger partial charge on any atom is -0.507 e. The van der Waals surface area contributed by atoms with Gasteiger partial charge in [-0.1, -0.05) is 24.3 Å². The lowest BCUT2D eigenvalue weighted by molar-refractivity contribution is 0.112. The summed E-state index contributed by atoms with van der Waals surface area (Å²) in [5, 5.41) is 12.7. The monoisotopic (exact) mass is 205 g/mol. The fourth-order valence-electron chi connectivity index (χ4n) is 1.25. The molecule has 2 N–H and O–H groups in total. The SMILES string of the molecule is CNCCC=Cc1cccc(C=O)c1O. The van der Waals surface area contributed by atoms with Gasteiger partial charge in [0.25, 0.3) is 0 Å². The van der Waals surface area contributed by atoms with E-state index in [0.29, 0.717) is 17.4 Å². The van der Waals surface area contributed by atoms with Gasteiger partial charge in [0.15, 0.2) is 6.29 Å². The molecule has 0 saturated carbocycles. The Morgan fingerprint density at radius 3 is 2.80 bits per heavy atom. The number of hydrogen-bond donors (Lipinski definition) is 2. The first-order valence-corrected chi connectivity index (χ1v) is 4.88. The maximum Gasteiger partial charge on any atom is 0.153 e. The van der Waals surface area contributed by atoms with Gasteiger partial charge in [0.2, 0.25) is 0 Å². The number of carbonyl (C=O) groups is 1. The van der Waals surface area contributed by atoms with E-state index in [4.69, 9.17) is 0 Å². The minimum atomic E-state index is 0.0493. The molecule has 0 fully saturated rings. The fraction of sp³-hybridized carbons (Fsp3) is 0.250. The van der Waals surface area contributed by atoms with Gasteiger partial charge in [0, 0.05) is 5.56 Å². The lowest BCUT2D eigenvalue weighted by Crippen LogP contribution is -2.05. The number of aromatic hydroxyl groups is 1. The first kappa shape index (κ1) is 11.5.